The highest BCUT2D eigenvalue weighted by molar-refractivity contribution is 6.33. The van der Waals surface area contributed by atoms with Crippen molar-refractivity contribution in [3.8, 4) is 0 Å². The number of carboxylic acids is 1. The van der Waals surface area contributed by atoms with Crippen molar-refractivity contribution in [3.63, 3.8) is 0 Å². The molecule has 1 aromatic heterocycles. The van der Waals surface area contributed by atoms with Gasteiger partial charge in [-0.1, -0.05) is 18.5 Å². The van der Waals surface area contributed by atoms with Gasteiger partial charge in [0.25, 0.3) is 0 Å². The molecule has 0 aliphatic heterocycles. The minimum Gasteiger partial charge on any atom is -0.476 e. The second kappa shape index (κ2) is 3.58. The van der Waals surface area contributed by atoms with E-state index in [0.29, 0.717) is 6.54 Å². The molecule has 0 amide bonds. The van der Waals surface area contributed by atoms with E-state index in [-0.39, 0.29) is 10.7 Å². The van der Waals surface area contributed by atoms with Gasteiger partial charge < -0.3 is 5.11 Å². The third kappa shape index (κ3) is 1.76. The Bertz CT molecular complexity index is 296. The van der Waals surface area contributed by atoms with Crippen LogP contribution in [-0.2, 0) is 6.54 Å². The number of hydrogen-bond acceptors (Lipinski definition) is 2. The highest BCUT2D eigenvalue weighted by Gasteiger charge is 2.12. The third-order valence-corrected chi connectivity index (χ3v) is 1.65. The Morgan fingerprint density at radius 3 is 2.92 bits per heavy atom. The van der Waals surface area contributed by atoms with Crippen LogP contribution in [0.15, 0.2) is 6.20 Å². The molecule has 1 N–H and O–H groups in total. The van der Waals surface area contributed by atoms with Crippen LogP contribution < -0.4 is 0 Å². The van der Waals surface area contributed by atoms with Gasteiger partial charge in [0.2, 0.25) is 0 Å². The molecule has 0 aliphatic rings. The van der Waals surface area contributed by atoms with Crippen molar-refractivity contribution in [2.24, 2.45) is 0 Å². The Balaban J connectivity index is 2.92. The van der Waals surface area contributed by atoms with Gasteiger partial charge in [0.1, 0.15) is 0 Å². The number of rotatable bonds is 3. The maximum absolute atomic E-state index is 10.5. The summed E-state index contributed by atoms with van der Waals surface area (Å²) in [5.74, 6) is -1.09. The van der Waals surface area contributed by atoms with Crippen molar-refractivity contribution >= 4 is 17.6 Å². The van der Waals surface area contributed by atoms with Crippen LogP contribution in [0.1, 0.15) is 23.8 Å². The summed E-state index contributed by atoms with van der Waals surface area (Å²) in [6, 6.07) is 0. The molecule has 0 bridgehead atoms. The van der Waals surface area contributed by atoms with Gasteiger partial charge in [-0.2, -0.15) is 5.10 Å². The average Bonchev–Trinajstić information content (AvgIpc) is 2.32. The number of carbonyl (C=O) groups is 1. The molecule has 0 aliphatic carbocycles. The van der Waals surface area contributed by atoms with Gasteiger partial charge in [-0.3, -0.25) is 4.68 Å². The van der Waals surface area contributed by atoms with E-state index in [0.717, 1.165) is 6.42 Å². The van der Waals surface area contributed by atoms with Crippen LogP contribution >= 0.6 is 11.6 Å². The molecule has 1 aromatic rings. The molecule has 0 atom stereocenters. The summed E-state index contributed by atoms with van der Waals surface area (Å²) in [5.41, 5.74) is -0.0786. The fraction of sp³-hybridized carbons (Fsp3) is 0.429. The Labute approximate surface area is 74.8 Å². The van der Waals surface area contributed by atoms with Crippen molar-refractivity contribution in [2.75, 3.05) is 0 Å². The normalized spacial score (nSPS) is 10.2. The number of aromatic nitrogens is 2. The first kappa shape index (κ1) is 9.06. The van der Waals surface area contributed by atoms with Gasteiger partial charge in [-0.25, -0.2) is 4.79 Å². The first-order valence-electron chi connectivity index (χ1n) is 3.61. The number of carboxylic acid groups (broad SMARTS) is 1. The molecule has 1 rings (SSSR count). The molecule has 0 spiro atoms. The lowest BCUT2D eigenvalue weighted by Gasteiger charge is -1.93. The summed E-state index contributed by atoms with van der Waals surface area (Å²) in [4.78, 5) is 10.5. The first-order chi connectivity index (χ1) is 5.65. The van der Waals surface area contributed by atoms with Crippen LogP contribution in [0.4, 0.5) is 0 Å². The van der Waals surface area contributed by atoms with E-state index in [2.05, 4.69) is 5.10 Å². The minimum absolute atomic E-state index is 0.0786. The number of halogens is 1. The molecule has 0 fully saturated rings. The van der Waals surface area contributed by atoms with E-state index in [1.54, 1.807) is 0 Å². The summed E-state index contributed by atoms with van der Waals surface area (Å²) >= 11 is 5.61. The predicted octanol–water partition coefficient (Wildman–Crippen LogP) is 1.64. The van der Waals surface area contributed by atoms with Gasteiger partial charge in [0.05, 0.1) is 5.02 Å². The molecule has 0 saturated carbocycles. The topological polar surface area (TPSA) is 55.1 Å². The summed E-state index contributed by atoms with van der Waals surface area (Å²) in [6.07, 6.45) is 2.42. The van der Waals surface area contributed by atoms with Crippen LogP contribution in [0.3, 0.4) is 0 Å². The lowest BCUT2D eigenvalue weighted by Crippen LogP contribution is -2.02. The SMILES string of the molecule is CCCn1cc(Cl)c(C(=O)O)n1. The Morgan fingerprint density at radius 1 is 1.83 bits per heavy atom. The molecule has 1 heterocycles. The third-order valence-electron chi connectivity index (χ3n) is 1.37. The quantitative estimate of drug-likeness (QED) is 0.785. The largest absolute Gasteiger partial charge is 0.476 e. The van der Waals surface area contributed by atoms with E-state index < -0.39 is 5.97 Å². The zero-order chi connectivity index (χ0) is 9.14. The molecule has 0 radical (unpaired) electrons. The van der Waals surface area contributed by atoms with E-state index in [4.69, 9.17) is 16.7 Å². The Hall–Kier alpha value is -1.03. The van der Waals surface area contributed by atoms with Crippen molar-refractivity contribution in [1.82, 2.24) is 9.78 Å². The van der Waals surface area contributed by atoms with Crippen LogP contribution in [0.2, 0.25) is 5.02 Å². The standard InChI is InChI=1S/C7H9ClN2O2/c1-2-3-10-4-5(8)6(9-10)7(11)12/h4H,2-3H2,1H3,(H,11,12). The van der Waals surface area contributed by atoms with Crippen LogP contribution in [0, 0.1) is 0 Å². The molecule has 5 heteroatoms. The molecule has 0 aromatic carbocycles. The van der Waals surface area contributed by atoms with Gasteiger partial charge in [0, 0.05) is 12.7 Å². The van der Waals surface area contributed by atoms with Gasteiger partial charge >= 0.3 is 5.97 Å². The molecule has 0 unspecified atom stereocenters. The molecule has 0 saturated heterocycles. The number of aryl methyl sites for hydroxylation is 1. The highest BCUT2D eigenvalue weighted by atomic mass is 35.5. The second-order valence-electron chi connectivity index (χ2n) is 2.39. The fourth-order valence-electron chi connectivity index (χ4n) is 0.886. The van der Waals surface area contributed by atoms with Crippen LogP contribution in [-0.4, -0.2) is 20.9 Å². The van der Waals surface area contributed by atoms with E-state index >= 15 is 0 Å². The minimum atomic E-state index is -1.09. The second-order valence-corrected chi connectivity index (χ2v) is 2.80. The highest BCUT2D eigenvalue weighted by Crippen LogP contribution is 2.13. The van der Waals surface area contributed by atoms with Gasteiger partial charge in [0.15, 0.2) is 5.69 Å². The Kier molecular flexibility index (Phi) is 2.70. The lowest BCUT2D eigenvalue weighted by atomic mass is 10.4. The summed E-state index contributed by atoms with van der Waals surface area (Å²) in [6.45, 7) is 2.67. The lowest BCUT2D eigenvalue weighted by molar-refractivity contribution is 0.0689. The smallest absolute Gasteiger partial charge is 0.357 e. The molecule has 12 heavy (non-hydrogen) atoms. The number of hydrogen-bond donors (Lipinski definition) is 1. The first-order valence-corrected chi connectivity index (χ1v) is 3.99. The average molecular weight is 189 g/mol. The van der Waals surface area contributed by atoms with Crippen molar-refractivity contribution in [1.29, 1.82) is 0 Å². The van der Waals surface area contributed by atoms with Crippen molar-refractivity contribution < 1.29 is 9.90 Å². The van der Waals surface area contributed by atoms with Crippen molar-refractivity contribution in [2.45, 2.75) is 19.9 Å². The molecule has 4 nitrogen and oxygen atoms in total. The Morgan fingerprint density at radius 2 is 2.50 bits per heavy atom. The summed E-state index contributed by atoms with van der Waals surface area (Å²) in [5, 5.41) is 12.6. The monoisotopic (exact) mass is 188 g/mol. The summed E-state index contributed by atoms with van der Waals surface area (Å²) in [7, 11) is 0. The molecular weight excluding hydrogens is 180 g/mol. The fourth-order valence-corrected chi connectivity index (χ4v) is 1.12. The summed E-state index contributed by atoms with van der Waals surface area (Å²) < 4.78 is 1.53. The maximum Gasteiger partial charge on any atom is 0.357 e. The maximum atomic E-state index is 10.5. The number of aromatic carboxylic acids is 1. The molecular formula is C7H9ClN2O2. The molecule has 66 valence electrons. The predicted molar refractivity (Wildman–Crippen MR) is 44.5 cm³/mol. The zero-order valence-corrected chi connectivity index (χ0v) is 7.38. The van der Waals surface area contributed by atoms with Crippen molar-refractivity contribution in [3.05, 3.63) is 16.9 Å². The van der Waals surface area contributed by atoms with Crippen LogP contribution in [0.25, 0.3) is 0 Å². The van der Waals surface area contributed by atoms with E-state index in [1.807, 2.05) is 6.92 Å². The van der Waals surface area contributed by atoms with Gasteiger partial charge in [-0.15, -0.1) is 0 Å². The van der Waals surface area contributed by atoms with Gasteiger partial charge in [-0.05, 0) is 6.42 Å². The van der Waals surface area contributed by atoms with E-state index in [1.165, 1.54) is 10.9 Å². The van der Waals surface area contributed by atoms with Crippen LogP contribution in [0.5, 0.6) is 0 Å². The van der Waals surface area contributed by atoms with E-state index in [9.17, 15) is 4.79 Å². The number of nitrogens with zero attached hydrogens (tertiary/aromatic N) is 2. The zero-order valence-electron chi connectivity index (χ0n) is 6.62.